The van der Waals surface area contributed by atoms with Crippen molar-refractivity contribution in [2.45, 2.75) is 12.5 Å². The van der Waals surface area contributed by atoms with Crippen LogP contribution in [-0.2, 0) is 11.2 Å². The highest BCUT2D eigenvalue weighted by molar-refractivity contribution is 5.96. The Morgan fingerprint density at radius 2 is 1.73 bits per heavy atom. The number of carbonyl (C=O) groups is 3. The van der Waals surface area contributed by atoms with Crippen LogP contribution in [0.2, 0.25) is 0 Å². The van der Waals surface area contributed by atoms with Gasteiger partial charge in [-0.15, -0.1) is 0 Å². The highest BCUT2D eigenvalue weighted by Crippen LogP contribution is 2.36. The third-order valence-corrected chi connectivity index (χ3v) is 4.47. The van der Waals surface area contributed by atoms with Crippen molar-refractivity contribution in [2.24, 2.45) is 5.92 Å². The number of urea groups is 1. The highest BCUT2D eigenvalue weighted by Gasteiger charge is 2.38. The number of amides is 3. The quantitative estimate of drug-likeness (QED) is 0.675. The molecule has 2 aromatic carbocycles. The van der Waals surface area contributed by atoms with Gasteiger partial charge in [0.1, 0.15) is 0 Å². The summed E-state index contributed by atoms with van der Waals surface area (Å²) in [4.78, 5) is 35.4. The number of aliphatic carboxylic acids is 1. The summed E-state index contributed by atoms with van der Waals surface area (Å²) in [6.07, 6.45) is 0.394. The van der Waals surface area contributed by atoms with Crippen molar-refractivity contribution in [3.8, 4) is 0 Å². The van der Waals surface area contributed by atoms with Gasteiger partial charge in [-0.1, -0.05) is 24.3 Å². The van der Waals surface area contributed by atoms with Crippen LogP contribution in [0.5, 0.6) is 0 Å². The van der Waals surface area contributed by atoms with E-state index in [9.17, 15) is 19.5 Å². The molecule has 4 N–H and O–H groups in total. The van der Waals surface area contributed by atoms with Crippen LogP contribution in [0.1, 0.15) is 27.5 Å². The molecule has 0 bridgehead atoms. The Kier molecular flexibility index (Phi) is 4.88. The van der Waals surface area contributed by atoms with Crippen LogP contribution in [0.15, 0.2) is 48.5 Å². The summed E-state index contributed by atoms with van der Waals surface area (Å²) in [7, 11) is 1.51. The molecule has 2 atom stereocenters. The topological polar surface area (TPSA) is 108 Å². The number of hydrogen-bond donors (Lipinski definition) is 4. The van der Waals surface area contributed by atoms with Crippen LogP contribution in [0, 0.1) is 5.92 Å². The third kappa shape index (κ3) is 3.51. The molecule has 0 heterocycles. The highest BCUT2D eigenvalue weighted by atomic mass is 16.4. The molecule has 0 aromatic heterocycles. The molecule has 1 aliphatic carbocycles. The number of carboxylic acid groups (broad SMARTS) is 1. The van der Waals surface area contributed by atoms with E-state index < -0.39 is 17.9 Å². The fourth-order valence-electron chi connectivity index (χ4n) is 3.13. The average molecular weight is 353 g/mol. The van der Waals surface area contributed by atoms with Gasteiger partial charge in [0.2, 0.25) is 0 Å². The van der Waals surface area contributed by atoms with Gasteiger partial charge in [0.25, 0.3) is 5.91 Å². The Morgan fingerprint density at radius 1 is 1.04 bits per heavy atom. The van der Waals surface area contributed by atoms with Crippen molar-refractivity contribution >= 4 is 23.6 Å². The Labute approximate surface area is 150 Å². The first kappa shape index (κ1) is 17.5. The van der Waals surface area contributed by atoms with Crippen LogP contribution < -0.4 is 16.0 Å². The molecule has 0 saturated carbocycles. The van der Waals surface area contributed by atoms with Crippen molar-refractivity contribution in [3.63, 3.8) is 0 Å². The normalized spacial score (nSPS) is 17.9. The summed E-state index contributed by atoms with van der Waals surface area (Å²) in [6.45, 7) is 0. The minimum atomic E-state index is -0.934. The number of nitrogens with one attached hydrogen (secondary N) is 3. The molecular formula is C19H19N3O4. The van der Waals surface area contributed by atoms with Crippen LogP contribution in [0.3, 0.4) is 0 Å². The molecule has 1 aliphatic rings. The van der Waals surface area contributed by atoms with Gasteiger partial charge < -0.3 is 21.1 Å². The van der Waals surface area contributed by atoms with E-state index in [1.54, 1.807) is 24.3 Å². The van der Waals surface area contributed by atoms with Gasteiger partial charge in [-0.25, -0.2) is 4.79 Å². The second-order valence-electron chi connectivity index (χ2n) is 6.08. The number of benzene rings is 2. The van der Waals surface area contributed by atoms with Crippen LogP contribution in [-0.4, -0.2) is 30.1 Å². The fraction of sp³-hybridized carbons (Fsp3) is 0.211. The lowest BCUT2D eigenvalue weighted by atomic mass is 10.0. The Hall–Kier alpha value is -3.35. The van der Waals surface area contributed by atoms with Gasteiger partial charge in [-0.2, -0.15) is 0 Å². The van der Waals surface area contributed by atoms with E-state index in [0.717, 1.165) is 11.1 Å². The summed E-state index contributed by atoms with van der Waals surface area (Å²) >= 11 is 0. The van der Waals surface area contributed by atoms with Crippen molar-refractivity contribution in [1.29, 1.82) is 0 Å². The molecule has 0 spiro atoms. The molecule has 26 heavy (non-hydrogen) atoms. The summed E-state index contributed by atoms with van der Waals surface area (Å²) in [5.74, 6) is -1.98. The van der Waals surface area contributed by atoms with E-state index in [2.05, 4.69) is 16.0 Å². The number of carboxylic acids is 1. The molecule has 2 aromatic rings. The van der Waals surface area contributed by atoms with E-state index in [4.69, 9.17) is 0 Å². The van der Waals surface area contributed by atoms with Crippen molar-refractivity contribution in [1.82, 2.24) is 10.6 Å². The van der Waals surface area contributed by atoms with Crippen molar-refractivity contribution in [3.05, 3.63) is 65.2 Å². The number of anilines is 1. The molecule has 3 rings (SSSR count). The maximum atomic E-state index is 12.6. The lowest BCUT2D eigenvalue weighted by Crippen LogP contribution is -2.34. The van der Waals surface area contributed by atoms with Gasteiger partial charge >= 0.3 is 12.0 Å². The lowest BCUT2D eigenvalue weighted by molar-refractivity contribution is -0.142. The van der Waals surface area contributed by atoms with E-state index in [1.807, 2.05) is 24.3 Å². The van der Waals surface area contributed by atoms with Crippen molar-refractivity contribution < 1.29 is 19.5 Å². The number of fused-ring (bicyclic) bond motifs is 1. The fourth-order valence-corrected chi connectivity index (χ4v) is 3.13. The van der Waals surface area contributed by atoms with Gasteiger partial charge in [-0.3, -0.25) is 9.59 Å². The minimum absolute atomic E-state index is 0.353. The lowest BCUT2D eigenvalue weighted by Gasteiger charge is -2.19. The van der Waals surface area contributed by atoms with Crippen LogP contribution >= 0.6 is 0 Å². The van der Waals surface area contributed by atoms with Gasteiger partial charge in [0.05, 0.1) is 12.0 Å². The molecule has 0 aliphatic heterocycles. The largest absolute Gasteiger partial charge is 0.481 e. The predicted molar refractivity (Wildman–Crippen MR) is 96.0 cm³/mol. The zero-order chi connectivity index (χ0) is 18.7. The standard InChI is InChI=1S/C19H19N3O4/c1-20-19(26)21-13-8-6-11(7-9-13)17(23)22-16-14-5-3-2-4-12(14)10-15(16)18(24)25/h2-9,15-16H,10H2,1H3,(H,22,23)(H,24,25)(H2,20,21,26)/t15-,16-/m0/s1. The smallest absolute Gasteiger partial charge is 0.318 e. The Morgan fingerprint density at radius 3 is 2.38 bits per heavy atom. The Balaban J connectivity index is 1.76. The van der Waals surface area contributed by atoms with Crippen LogP contribution in [0.25, 0.3) is 0 Å². The molecule has 0 fully saturated rings. The second kappa shape index (κ2) is 7.26. The average Bonchev–Trinajstić information content (AvgIpc) is 3.01. The summed E-state index contributed by atoms with van der Waals surface area (Å²) in [6, 6.07) is 12.9. The Bertz CT molecular complexity index is 848. The molecule has 0 unspecified atom stereocenters. The second-order valence-corrected chi connectivity index (χ2v) is 6.08. The van der Waals surface area contributed by atoms with E-state index in [0.29, 0.717) is 17.7 Å². The zero-order valence-electron chi connectivity index (χ0n) is 14.2. The number of hydrogen-bond acceptors (Lipinski definition) is 3. The summed E-state index contributed by atoms with van der Waals surface area (Å²) < 4.78 is 0. The molecule has 7 nitrogen and oxygen atoms in total. The summed E-state index contributed by atoms with van der Waals surface area (Å²) in [5, 5.41) is 17.4. The maximum Gasteiger partial charge on any atom is 0.318 e. The van der Waals surface area contributed by atoms with E-state index >= 15 is 0 Å². The predicted octanol–water partition coefficient (Wildman–Crippen LogP) is 2.17. The number of carbonyl (C=O) groups excluding carboxylic acids is 2. The maximum absolute atomic E-state index is 12.6. The summed E-state index contributed by atoms with van der Waals surface area (Å²) in [5.41, 5.74) is 2.72. The first-order valence-electron chi connectivity index (χ1n) is 8.20. The molecule has 134 valence electrons. The third-order valence-electron chi connectivity index (χ3n) is 4.47. The monoisotopic (exact) mass is 353 g/mol. The minimum Gasteiger partial charge on any atom is -0.481 e. The van der Waals surface area contributed by atoms with Crippen molar-refractivity contribution in [2.75, 3.05) is 12.4 Å². The van der Waals surface area contributed by atoms with E-state index in [1.165, 1.54) is 7.05 Å². The van der Waals surface area contributed by atoms with Gasteiger partial charge in [-0.05, 0) is 41.8 Å². The first-order chi connectivity index (χ1) is 12.5. The van der Waals surface area contributed by atoms with E-state index in [-0.39, 0.29) is 11.9 Å². The number of rotatable bonds is 4. The van der Waals surface area contributed by atoms with Gasteiger partial charge in [0, 0.05) is 18.3 Å². The molecule has 0 saturated heterocycles. The SMILES string of the molecule is CNC(=O)Nc1ccc(C(=O)N[C@H]2c3ccccc3C[C@@H]2C(=O)O)cc1. The van der Waals surface area contributed by atoms with Crippen LogP contribution in [0.4, 0.5) is 10.5 Å². The molecule has 3 amide bonds. The molecule has 7 heteroatoms. The zero-order valence-corrected chi connectivity index (χ0v) is 14.2. The first-order valence-corrected chi connectivity index (χ1v) is 8.20. The van der Waals surface area contributed by atoms with Gasteiger partial charge in [0.15, 0.2) is 0 Å². The molecule has 0 radical (unpaired) electrons. The molecular weight excluding hydrogens is 334 g/mol.